The molecule has 70 valence electrons. The molecule has 3 atom stereocenters. The molecule has 2 heterocycles. The molecule has 0 amide bonds. The molecule has 2 rings (SSSR count). The summed E-state index contributed by atoms with van der Waals surface area (Å²) in [5.74, 6) is -0.274. The van der Waals surface area contributed by atoms with Crippen molar-refractivity contribution in [1.29, 1.82) is 0 Å². The zero-order valence-electron chi connectivity index (χ0n) is 7.38. The van der Waals surface area contributed by atoms with Gasteiger partial charge in [0, 0.05) is 6.42 Å². The summed E-state index contributed by atoms with van der Waals surface area (Å²) < 4.78 is 11.8. The van der Waals surface area contributed by atoms with Crippen LogP contribution >= 0.6 is 15.9 Å². The maximum Gasteiger partial charge on any atom is 0.178 e. The van der Waals surface area contributed by atoms with Gasteiger partial charge in [0.15, 0.2) is 5.79 Å². The van der Waals surface area contributed by atoms with E-state index in [2.05, 4.69) is 22.9 Å². The minimum Gasteiger partial charge on any atom is -0.343 e. The van der Waals surface area contributed by atoms with Gasteiger partial charge in [-0.15, -0.1) is 0 Å². The van der Waals surface area contributed by atoms with Crippen molar-refractivity contribution in [3.8, 4) is 0 Å². The highest BCUT2D eigenvalue weighted by atomic mass is 79.9. The zero-order valence-corrected chi connectivity index (χ0v) is 8.97. The van der Waals surface area contributed by atoms with Crippen LogP contribution < -0.4 is 0 Å². The van der Waals surface area contributed by atoms with Crippen molar-refractivity contribution in [3.05, 3.63) is 0 Å². The molecule has 2 bridgehead atoms. The molecule has 0 spiro atoms. The summed E-state index contributed by atoms with van der Waals surface area (Å²) in [5.41, 5.74) is 0. The van der Waals surface area contributed by atoms with Crippen molar-refractivity contribution in [2.75, 3.05) is 5.33 Å². The third kappa shape index (κ3) is 1.32. The second kappa shape index (κ2) is 3.28. The zero-order chi connectivity index (χ0) is 8.60. The lowest BCUT2D eigenvalue weighted by molar-refractivity contribution is -0.174. The van der Waals surface area contributed by atoms with Crippen LogP contribution in [0.2, 0.25) is 0 Å². The van der Waals surface area contributed by atoms with Crippen LogP contribution in [0.25, 0.3) is 0 Å². The molecule has 0 aliphatic carbocycles. The minimum atomic E-state index is -0.274. The molecule has 0 aromatic heterocycles. The molecule has 2 aliphatic rings. The van der Waals surface area contributed by atoms with Crippen LogP contribution in [0.5, 0.6) is 0 Å². The van der Waals surface area contributed by atoms with Gasteiger partial charge in [0.05, 0.1) is 17.5 Å². The number of rotatable bonds is 2. The molecule has 0 unspecified atom stereocenters. The van der Waals surface area contributed by atoms with E-state index in [9.17, 15) is 0 Å². The molecule has 2 fully saturated rings. The van der Waals surface area contributed by atoms with E-state index in [1.54, 1.807) is 0 Å². The summed E-state index contributed by atoms with van der Waals surface area (Å²) in [6, 6.07) is 0. The van der Waals surface area contributed by atoms with E-state index >= 15 is 0 Å². The van der Waals surface area contributed by atoms with Crippen LogP contribution in [0, 0.1) is 0 Å². The van der Waals surface area contributed by atoms with Crippen molar-refractivity contribution in [2.45, 2.75) is 50.6 Å². The first-order valence-corrected chi connectivity index (χ1v) is 5.83. The Bertz CT molecular complexity index is 174. The van der Waals surface area contributed by atoms with Crippen LogP contribution in [-0.2, 0) is 9.47 Å². The number of halogens is 1. The SMILES string of the molecule is CC[C@H]1O[C@]2(CBr)CCC[C@H]1O2. The number of alkyl halides is 1. The summed E-state index contributed by atoms with van der Waals surface area (Å²) in [5, 5.41) is 0.812. The van der Waals surface area contributed by atoms with Gasteiger partial charge in [-0.1, -0.05) is 22.9 Å². The molecular formula is C9H15BrO2. The molecule has 0 N–H and O–H groups in total. The first-order chi connectivity index (χ1) is 5.79. The highest BCUT2D eigenvalue weighted by molar-refractivity contribution is 9.09. The Morgan fingerprint density at radius 1 is 1.50 bits per heavy atom. The second-order valence-electron chi connectivity index (χ2n) is 3.66. The van der Waals surface area contributed by atoms with Crippen molar-refractivity contribution < 1.29 is 9.47 Å². The van der Waals surface area contributed by atoms with Gasteiger partial charge in [-0.2, -0.15) is 0 Å². The molecule has 0 aromatic carbocycles. The molecule has 0 radical (unpaired) electrons. The van der Waals surface area contributed by atoms with Gasteiger partial charge in [0.2, 0.25) is 0 Å². The van der Waals surface area contributed by atoms with Gasteiger partial charge < -0.3 is 9.47 Å². The van der Waals surface area contributed by atoms with E-state index in [1.807, 2.05) is 0 Å². The van der Waals surface area contributed by atoms with Crippen LogP contribution in [0.15, 0.2) is 0 Å². The summed E-state index contributed by atoms with van der Waals surface area (Å²) in [6.07, 6.45) is 5.23. The van der Waals surface area contributed by atoms with Crippen LogP contribution in [0.4, 0.5) is 0 Å². The van der Waals surface area contributed by atoms with E-state index in [-0.39, 0.29) is 5.79 Å². The van der Waals surface area contributed by atoms with Crippen LogP contribution in [0.1, 0.15) is 32.6 Å². The highest BCUT2D eigenvalue weighted by Gasteiger charge is 2.48. The van der Waals surface area contributed by atoms with E-state index in [0.717, 1.165) is 18.2 Å². The van der Waals surface area contributed by atoms with Gasteiger partial charge in [-0.05, 0) is 19.3 Å². The Kier molecular flexibility index (Phi) is 2.45. The van der Waals surface area contributed by atoms with Crippen molar-refractivity contribution >= 4 is 15.9 Å². The molecule has 0 aromatic rings. The normalized spacial score (nSPS) is 46.5. The van der Waals surface area contributed by atoms with Gasteiger partial charge in [-0.25, -0.2) is 0 Å². The predicted octanol–water partition coefficient (Wildman–Crippen LogP) is 2.46. The molecule has 3 heteroatoms. The van der Waals surface area contributed by atoms with Gasteiger partial charge in [-0.3, -0.25) is 0 Å². The number of hydrogen-bond acceptors (Lipinski definition) is 2. The Balaban J connectivity index is 2.10. The fraction of sp³-hybridized carbons (Fsp3) is 1.00. The summed E-state index contributed by atoms with van der Waals surface area (Å²) in [4.78, 5) is 0. The van der Waals surface area contributed by atoms with Crippen molar-refractivity contribution in [3.63, 3.8) is 0 Å². The lowest BCUT2D eigenvalue weighted by Gasteiger charge is -2.29. The quantitative estimate of drug-likeness (QED) is 0.684. The molecule has 0 saturated carbocycles. The fourth-order valence-corrected chi connectivity index (χ4v) is 2.69. The van der Waals surface area contributed by atoms with E-state index in [0.29, 0.717) is 12.2 Å². The second-order valence-corrected chi connectivity index (χ2v) is 4.22. The fourth-order valence-electron chi connectivity index (χ4n) is 2.14. The molecule has 12 heavy (non-hydrogen) atoms. The topological polar surface area (TPSA) is 18.5 Å². The Hall–Kier alpha value is 0.400. The molecule has 2 nitrogen and oxygen atoms in total. The Labute approximate surface area is 81.7 Å². The summed E-state index contributed by atoms with van der Waals surface area (Å²) in [6.45, 7) is 2.16. The van der Waals surface area contributed by atoms with Gasteiger partial charge in [0.25, 0.3) is 0 Å². The first-order valence-electron chi connectivity index (χ1n) is 4.71. The standard InChI is InChI=1S/C9H15BrO2/c1-2-7-8-4-3-5-9(6-10,11-7)12-8/h7-8H,2-6H2,1H3/t7-,8-,9-/m1/s1. The molecule has 2 aliphatic heterocycles. The van der Waals surface area contributed by atoms with Crippen LogP contribution in [0.3, 0.4) is 0 Å². The average Bonchev–Trinajstić information content (AvgIpc) is 2.39. The summed E-state index contributed by atoms with van der Waals surface area (Å²) in [7, 11) is 0. The Morgan fingerprint density at radius 3 is 2.92 bits per heavy atom. The number of hydrogen-bond donors (Lipinski definition) is 0. The number of ether oxygens (including phenoxy) is 2. The smallest absolute Gasteiger partial charge is 0.178 e. The monoisotopic (exact) mass is 234 g/mol. The van der Waals surface area contributed by atoms with Gasteiger partial charge >= 0.3 is 0 Å². The molecule has 2 saturated heterocycles. The first kappa shape index (κ1) is 8.97. The lowest BCUT2D eigenvalue weighted by Crippen LogP contribution is -2.35. The summed E-state index contributed by atoms with van der Waals surface area (Å²) >= 11 is 3.46. The van der Waals surface area contributed by atoms with Crippen molar-refractivity contribution in [2.24, 2.45) is 0 Å². The van der Waals surface area contributed by atoms with Crippen molar-refractivity contribution in [1.82, 2.24) is 0 Å². The average molecular weight is 235 g/mol. The van der Waals surface area contributed by atoms with E-state index in [1.165, 1.54) is 12.8 Å². The molecular weight excluding hydrogens is 220 g/mol. The number of fused-ring (bicyclic) bond motifs is 2. The van der Waals surface area contributed by atoms with E-state index < -0.39 is 0 Å². The van der Waals surface area contributed by atoms with Crippen LogP contribution in [-0.4, -0.2) is 23.3 Å². The minimum absolute atomic E-state index is 0.274. The largest absolute Gasteiger partial charge is 0.343 e. The van der Waals surface area contributed by atoms with Gasteiger partial charge in [0.1, 0.15) is 0 Å². The maximum absolute atomic E-state index is 5.90. The van der Waals surface area contributed by atoms with E-state index in [4.69, 9.17) is 9.47 Å². The maximum atomic E-state index is 5.90. The third-order valence-electron chi connectivity index (χ3n) is 2.80. The predicted molar refractivity (Wildman–Crippen MR) is 50.4 cm³/mol. The third-order valence-corrected chi connectivity index (χ3v) is 3.65. The highest BCUT2D eigenvalue weighted by Crippen LogP contribution is 2.41. The Morgan fingerprint density at radius 2 is 2.33 bits per heavy atom. The lowest BCUT2D eigenvalue weighted by atomic mass is 10.0.